The summed E-state index contributed by atoms with van der Waals surface area (Å²) < 4.78 is 5.51. The summed E-state index contributed by atoms with van der Waals surface area (Å²) in [5.74, 6) is 0.932. The normalized spacial score (nSPS) is 18.4. The summed E-state index contributed by atoms with van der Waals surface area (Å²) in [5.41, 5.74) is 0.697. The Kier molecular flexibility index (Phi) is 4.94. The minimum absolute atomic E-state index is 0.183. The van der Waals surface area contributed by atoms with E-state index in [2.05, 4.69) is 16.0 Å². The molecule has 1 fully saturated rings. The number of aromatic nitrogens is 1. The third-order valence-corrected chi connectivity index (χ3v) is 3.78. The molecule has 5 heteroatoms. The summed E-state index contributed by atoms with van der Waals surface area (Å²) in [6, 6.07) is 4.25. The largest absolute Gasteiger partial charge is 0.444 e. The molecule has 1 aromatic rings. The molecule has 5 nitrogen and oxygen atoms in total. The summed E-state index contributed by atoms with van der Waals surface area (Å²) in [5, 5.41) is 0. The van der Waals surface area contributed by atoms with Gasteiger partial charge in [-0.25, -0.2) is 9.78 Å². The predicted molar refractivity (Wildman–Crippen MR) is 88.2 cm³/mol. The van der Waals surface area contributed by atoms with Crippen LogP contribution in [0.1, 0.15) is 39.2 Å². The van der Waals surface area contributed by atoms with Crippen LogP contribution >= 0.6 is 0 Å². The Morgan fingerprint density at radius 1 is 1.45 bits per heavy atom. The van der Waals surface area contributed by atoms with Crippen LogP contribution in [0.2, 0.25) is 0 Å². The van der Waals surface area contributed by atoms with E-state index in [1.165, 1.54) is 0 Å². The van der Waals surface area contributed by atoms with Gasteiger partial charge in [-0.15, -0.1) is 0 Å². The van der Waals surface area contributed by atoms with Gasteiger partial charge in [0.2, 0.25) is 0 Å². The standard InChI is InChI=1S/C17H27N3O2/c1-13-8-9-15(18-11-13)19(5)12-14-7-6-10-20(14)16(21)22-17(2,3)4/h8-9,11,14H,6-7,10,12H2,1-5H3/t14-/m1/s1. The fourth-order valence-corrected chi connectivity index (χ4v) is 2.68. The molecule has 1 aromatic heterocycles. The van der Waals surface area contributed by atoms with E-state index in [4.69, 9.17) is 4.74 Å². The van der Waals surface area contributed by atoms with Crippen LogP contribution < -0.4 is 4.90 Å². The number of hydrogen-bond acceptors (Lipinski definition) is 4. The number of anilines is 1. The molecular formula is C17H27N3O2. The average molecular weight is 305 g/mol. The number of likely N-dealkylation sites (N-methyl/N-ethyl adjacent to an activating group) is 1. The van der Waals surface area contributed by atoms with E-state index in [0.29, 0.717) is 0 Å². The number of pyridine rings is 1. The minimum atomic E-state index is -0.450. The van der Waals surface area contributed by atoms with Gasteiger partial charge in [-0.05, 0) is 52.2 Å². The molecule has 122 valence electrons. The van der Waals surface area contributed by atoms with Crippen LogP contribution in [0, 0.1) is 6.92 Å². The second kappa shape index (κ2) is 6.55. The van der Waals surface area contributed by atoms with Gasteiger partial charge in [-0.3, -0.25) is 0 Å². The highest BCUT2D eigenvalue weighted by atomic mass is 16.6. The first-order valence-electron chi connectivity index (χ1n) is 7.90. The average Bonchev–Trinajstić information content (AvgIpc) is 2.85. The molecule has 0 aliphatic carbocycles. The summed E-state index contributed by atoms with van der Waals surface area (Å²) in [7, 11) is 2.02. The van der Waals surface area contributed by atoms with Crippen molar-refractivity contribution in [3.63, 3.8) is 0 Å². The maximum absolute atomic E-state index is 12.3. The monoisotopic (exact) mass is 305 g/mol. The highest BCUT2D eigenvalue weighted by molar-refractivity contribution is 5.69. The number of carbonyl (C=O) groups excluding carboxylic acids is 1. The van der Waals surface area contributed by atoms with Gasteiger partial charge in [0.25, 0.3) is 0 Å². The smallest absolute Gasteiger partial charge is 0.410 e. The van der Waals surface area contributed by atoms with Crippen molar-refractivity contribution < 1.29 is 9.53 Å². The van der Waals surface area contributed by atoms with Crippen LogP contribution in [0.5, 0.6) is 0 Å². The van der Waals surface area contributed by atoms with Crippen LogP contribution in [0.3, 0.4) is 0 Å². The Morgan fingerprint density at radius 3 is 2.77 bits per heavy atom. The second-order valence-electron chi connectivity index (χ2n) is 7.04. The van der Waals surface area contributed by atoms with Crippen LogP contribution in [-0.4, -0.2) is 47.8 Å². The zero-order valence-corrected chi connectivity index (χ0v) is 14.3. The number of likely N-dealkylation sites (tertiary alicyclic amines) is 1. The SMILES string of the molecule is Cc1ccc(N(C)C[C@H]2CCCN2C(=O)OC(C)(C)C)nc1. The van der Waals surface area contributed by atoms with E-state index in [-0.39, 0.29) is 12.1 Å². The molecule has 0 radical (unpaired) electrons. The lowest BCUT2D eigenvalue weighted by Gasteiger charge is -2.31. The summed E-state index contributed by atoms with van der Waals surface area (Å²) in [6.07, 6.45) is 3.70. The Bertz CT molecular complexity index is 508. The number of rotatable bonds is 3. The molecule has 2 heterocycles. The molecule has 1 saturated heterocycles. The number of ether oxygens (including phenoxy) is 1. The van der Waals surface area contributed by atoms with Crippen molar-refractivity contribution in [3.05, 3.63) is 23.9 Å². The molecule has 0 spiro atoms. The number of amides is 1. The summed E-state index contributed by atoms with van der Waals surface area (Å²) in [6.45, 7) is 9.27. The van der Waals surface area contributed by atoms with Gasteiger partial charge in [-0.2, -0.15) is 0 Å². The van der Waals surface area contributed by atoms with Crippen molar-refractivity contribution >= 4 is 11.9 Å². The fourth-order valence-electron chi connectivity index (χ4n) is 2.68. The molecule has 0 N–H and O–H groups in total. The predicted octanol–water partition coefficient (Wildman–Crippen LogP) is 3.23. The van der Waals surface area contributed by atoms with E-state index >= 15 is 0 Å². The molecule has 0 aromatic carbocycles. The lowest BCUT2D eigenvalue weighted by Crippen LogP contribution is -2.44. The van der Waals surface area contributed by atoms with E-state index < -0.39 is 5.60 Å². The van der Waals surface area contributed by atoms with Gasteiger partial charge >= 0.3 is 6.09 Å². The minimum Gasteiger partial charge on any atom is -0.444 e. The van der Waals surface area contributed by atoms with E-state index in [1.807, 2.05) is 51.9 Å². The summed E-state index contributed by atoms with van der Waals surface area (Å²) in [4.78, 5) is 20.7. The third kappa shape index (κ3) is 4.36. The van der Waals surface area contributed by atoms with Crippen molar-refractivity contribution in [2.45, 2.75) is 52.2 Å². The van der Waals surface area contributed by atoms with Crippen molar-refractivity contribution in [1.82, 2.24) is 9.88 Å². The first-order valence-corrected chi connectivity index (χ1v) is 7.90. The second-order valence-corrected chi connectivity index (χ2v) is 7.04. The quantitative estimate of drug-likeness (QED) is 0.860. The van der Waals surface area contributed by atoms with Gasteiger partial charge in [0.1, 0.15) is 11.4 Å². The molecule has 1 aliphatic heterocycles. The van der Waals surface area contributed by atoms with E-state index in [9.17, 15) is 4.79 Å². The van der Waals surface area contributed by atoms with Crippen molar-refractivity contribution in [3.8, 4) is 0 Å². The van der Waals surface area contributed by atoms with Crippen molar-refractivity contribution in [2.75, 3.05) is 25.0 Å². The maximum Gasteiger partial charge on any atom is 0.410 e. The molecule has 1 amide bonds. The van der Waals surface area contributed by atoms with Gasteiger partial charge in [0, 0.05) is 26.3 Å². The Morgan fingerprint density at radius 2 is 2.18 bits per heavy atom. The molecular weight excluding hydrogens is 278 g/mol. The first kappa shape index (κ1) is 16.6. The molecule has 0 saturated carbocycles. The zero-order valence-electron chi connectivity index (χ0n) is 14.3. The number of hydrogen-bond donors (Lipinski definition) is 0. The lowest BCUT2D eigenvalue weighted by atomic mass is 10.2. The maximum atomic E-state index is 12.3. The molecule has 0 bridgehead atoms. The molecule has 22 heavy (non-hydrogen) atoms. The zero-order chi connectivity index (χ0) is 16.3. The topological polar surface area (TPSA) is 45.7 Å². The van der Waals surface area contributed by atoms with Crippen molar-refractivity contribution in [1.29, 1.82) is 0 Å². The fraction of sp³-hybridized carbons (Fsp3) is 0.647. The number of aryl methyl sites for hydroxylation is 1. The molecule has 1 aliphatic rings. The van der Waals surface area contributed by atoms with Crippen LogP contribution in [0.25, 0.3) is 0 Å². The summed E-state index contributed by atoms with van der Waals surface area (Å²) >= 11 is 0. The molecule has 0 unspecified atom stereocenters. The number of carbonyl (C=O) groups is 1. The Hall–Kier alpha value is -1.78. The van der Waals surface area contributed by atoms with Gasteiger partial charge in [0.15, 0.2) is 0 Å². The third-order valence-electron chi connectivity index (χ3n) is 3.78. The van der Waals surface area contributed by atoms with Crippen LogP contribution in [-0.2, 0) is 4.74 Å². The van der Waals surface area contributed by atoms with Crippen molar-refractivity contribution in [2.24, 2.45) is 0 Å². The van der Waals surface area contributed by atoms with Crippen LogP contribution in [0.4, 0.5) is 10.6 Å². The van der Waals surface area contributed by atoms with Gasteiger partial charge in [0.05, 0.1) is 6.04 Å². The Labute approximate surface area is 133 Å². The number of nitrogens with zero attached hydrogens (tertiary/aromatic N) is 3. The van der Waals surface area contributed by atoms with E-state index in [0.717, 1.165) is 37.3 Å². The highest BCUT2D eigenvalue weighted by Gasteiger charge is 2.32. The van der Waals surface area contributed by atoms with Gasteiger partial charge < -0.3 is 14.5 Å². The lowest BCUT2D eigenvalue weighted by molar-refractivity contribution is 0.0232. The van der Waals surface area contributed by atoms with E-state index in [1.54, 1.807) is 0 Å². The van der Waals surface area contributed by atoms with Crippen LogP contribution in [0.15, 0.2) is 18.3 Å². The Balaban J connectivity index is 1.98. The molecule has 2 rings (SSSR count). The highest BCUT2D eigenvalue weighted by Crippen LogP contribution is 2.22. The van der Waals surface area contributed by atoms with Gasteiger partial charge in [-0.1, -0.05) is 6.07 Å². The first-order chi connectivity index (χ1) is 10.3. The molecule has 1 atom stereocenters.